The third-order valence-corrected chi connectivity index (χ3v) is 4.48. The lowest BCUT2D eigenvalue weighted by Crippen LogP contribution is -2.32. The molecule has 4 nitrogen and oxygen atoms in total. The SMILES string of the molecule is C=CCN1C(=O)C(Nc2cccc(Cl)c2C)=C(c2ccccc2)C1=O. The lowest BCUT2D eigenvalue weighted by atomic mass is 10.0. The molecule has 3 rings (SSSR count). The third kappa shape index (κ3) is 3.08. The van der Waals surface area contributed by atoms with Crippen LogP contribution in [0.4, 0.5) is 5.69 Å². The quantitative estimate of drug-likeness (QED) is 0.653. The zero-order valence-electron chi connectivity index (χ0n) is 13.8. The maximum atomic E-state index is 12.8. The Kier molecular flexibility index (Phi) is 4.72. The van der Waals surface area contributed by atoms with Gasteiger partial charge in [-0.25, -0.2) is 0 Å². The topological polar surface area (TPSA) is 49.4 Å². The Morgan fingerprint density at radius 2 is 1.80 bits per heavy atom. The van der Waals surface area contributed by atoms with Crippen molar-refractivity contribution < 1.29 is 9.59 Å². The van der Waals surface area contributed by atoms with Crippen molar-refractivity contribution in [2.75, 3.05) is 11.9 Å². The second-order valence-corrected chi connectivity index (χ2v) is 6.07. The van der Waals surface area contributed by atoms with Crippen LogP contribution in [0.15, 0.2) is 66.9 Å². The van der Waals surface area contributed by atoms with Gasteiger partial charge in [-0.3, -0.25) is 14.5 Å². The van der Waals surface area contributed by atoms with E-state index in [1.807, 2.05) is 43.3 Å². The molecule has 1 aliphatic heterocycles. The van der Waals surface area contributed by atoms with Crippen LogP contribution in [-0.4, -0.2) is 23.3 Å². The Balaban J connectivity index is 2.11. The first kappa shape index (κ1) is 17.0. The van der Waals surface area contributed by atoms with Crippen molar-refractivity contribution in [2.24, 2.45) is 0 Å². The van der Waals surface area contributed by atoms with Crippen molar-refractivity contribution in [3.63, 3.8) is 0 Å². The van der Waals surface area contributed by atoms with E-state index >= 15 is 0 Å². The number of halogens is 1. The molecule has 0 fully saturated rings. The molecule has 0 atom stereocenters. The summed E-state index contributed by atoms with van der Waals surface area (Å²) in [4.78, 5) is 26.8. The van der Waals surface area contributed by atoms with Crippen molar-refractivity contribution >= 4 is 34.7 Å². The summed E-state index contributed by atoms with van der Waals surface area (Å²) >= 11 is 6.16. The summed E-state index contributed by atoms with van der Waals surface area (Å²) in [6.07, 6.45) is 1.53. The highest BCUT2D eigenvalue weighted by molar-refractivity contribution is 6.36. The molecule has 0 radical (unpaired) electrons. The lowest BCUT2D eigenvalue weighted by Gasteiger charge is -2.13. The van der Waals surface area contributed by atoms with Crippen LogP contribution in [-0.2, 0) is 9.59 Å². The standard InChI is InChI=1S/C20H17ClN2O2/c1-3-12-23-19(24)17(14-8-5-4-6-9-14)18(20(23)25)22-16-11-7-10-15(21)13(16)2/h3-11,22H,1,12H2,2H3. The zero-order chi connectivity index (χ0) is 18.0. The van der Waals surface area contributed by atoms with Gasteiger partial charge in [0.05, 0.1) is 5.57 Å². The summed E-state index contributed by atoms with van der Waals surface area (Å²) in [5.74, 6) is -0.707. The van der Waals surface area contributed by atoms with E-state index in [1.54, 1.807) is 12.1 Å². The third-order valence-electron chi connectivity index (χ3n) is 4.07. The van der Waals surface area contributed by atoms with E-state index in [0.29, 0.717) is 21.8 Å². The molecule has 0 saturated heterocycles. The highest BCUT2D eigenvalue weighted by Crippen LogP contribution is 2.32. The summed E-state index contributed by atoms with van der Waals surface area (Å²) in [7, 11) is 0. The predicted octanol–water partition coefficient (Wildman–Crippen LogP) is 4.03. The van der Waals surface area contributed by atoms with Gasteiger partial charge >= 0.3 is 0 Å². The summed E-state index contributed by atoms with van der Waals surface area (Å²) in [6.45, 7) is 5.64. The van der Waals surface area contributed by atoms with Gasteiger partial charge in [0, 0.05) is 17.3 Å². The normalized spacial score (nSPS) is 14.2. The van der Waals surface area contributed by atoms with Gasteiger partial charge in [-0.2, -0.15) is 0 Å². The number of benzene rings is 2. The molecular formula is C20H17ClN2O2. The Hall–Kier alpha value is -2.85. The van der Waals surface area contributed by atoms with E-state index in [9.17, 15) is 9.59 Å². The van der Waals surface area contributed by atoms with Crippen molar-refractivity contribution in [1.82, 2.24) is 4.90 Å². The van der Waals surface area contributed by atoms with Gasteiger partial charge in [0.2, 0.25) is 0 Å². The molecule has 1 N–H and O–H groups in total. The van der Waals surface area contributed by atoms with E-state index in [2.05, 4.69) is 11.9 Å². The van der Waals surface area contributed by atoms with Crippen molar-refractivity contribution in [1.29, 1.82) is 0 Å². The summed E-state index contributed by atoms with van der Waals surface area (Å²) in [5, 5.41) is 3.71. The molecule has 0 bridgehead atoms. The number of nitrogens with one attached hydrogen (secondary N) is 1. The fourth-order valence-electron chi connectivity index (χ4n) is 2.74. The fraction of sp³-hybridized carbons (Fsp3) is 0.100. The van der Waals surface area contributed by atoms with E-state index in [-0.39, 0.29) is 24.1 Å². The van der Waals surface area contributed by atoms with Crippen LogP contribution in [0.1, 0.15) is 11.1 Å². The van der Waals surface area contributed by atoms with Crippen molar-refractivity contribution in [2.45, 2.75) is 6.92 Å². The lowest BCUT2D eigenvalue weighted by molar-refractivity contribution is -0.136. The van der Waals surface area contributed by atoms with E-state index in [1.165, 1.54) is 11.0 Å². The first-order valence-corrected chi connectivity index (χ1v) is 8.21. The molecule has 0 unspecified atom stereocenters. The molecule has 0 aromatic heterocycles. The molecule has 0 saturated carbocycles. The van der Waals surface area contributed by atoms with E-state index in [0.717, 1.165) is 5.56 Å². The van der Waals surface area contributed by atoms with Gasteiger partial charge in [0.15, 0.2) is 0 Å². The number of anilines is 1. The molecule has 1 heterocycles. The van der Waals surface area contributed by atoms with Crippen LogP contribution in [0.3, 0.4) is 0 Å². The number of rotatable bonds is 5. The Morgan fingerprint density at radius 1 is 1.08 bits per heavy atom. The predicted molar refractivity (Wildman–Crippen MR) is 100 cm³/mol. The van der Waals surface area contributed by atoms with Crippen LogP contribution in [0.25, 0.3) is 5.57 Å². The minimum absolute atomic E-state index is 0.160. The van der Waals surface area contributed by atoms with Crippen LogP contribution < -0.4 is 5.32 Å². The molecule has 0 aliphatic carbocycles. The maximum Gasteiger partial charge on any atom is 0.278 e. The van der Waals surface area contributed by atoms with Crippen LogP contribution in [0.2, 0.25) is 5.02 Å². The van der Waals surface area contributed by atoms with Crippen LogP contribution >= 0.6 is 11.6 Å². The molecule has 2 amide bonds. The summed E-state index contributed by atoms with van der Waals surface area (Å²) in [5.41, 5.74) is 2.80. The number of nitrogens with zero attached hydrogens (tertiary/aromatic N) is 1. The first-order chi connectivity index (χ1) is 12.0. The van der Waals surface area contributed by atoms with Gasteiger partial charge in [0.1, 0.15) is 5.70 Å². The monoisotopic (exact) mass is 352 g/mol. The number of carbonyl (C=O) groups is 2. The highest BCUT2D eigenvalue weighted by atomic mass is 35.5. The zero-order valence-corrected chi connectivity index (χ0v) is 14.5. The van der Waals surface area contributed by atoms with Crippen molar-refractivity contribution in [3.05, 3.63) is 83.0 Å². The molecule has 25 heavy (non-hydrogen) atoms. The molecule has 2 aromatic rings. The Morgan fingerprint density at radius 3 is 2.48 bits per heavy atom. The largest absolute Gasteiger partial charge is 0.350 e. The number of imide groups is 1. The van der Waals surface area contributed by atoms with Crippen LogP contribution in [0, 0.1) is 6.92 Å². The average molecular weight is 353 g/mol. The number of hydrogen-bond donors (Lipinski definition) is 1. The van der Waals surface area contributed by atoms with E-state index < -0.39 is 0 Å². The molecule has 2 aromatic carbocycles. The number of amides is 2. The smallest absolute Gasteiger partial charge is 0.278 e. The fourth-order valence-corrected chi connectivity index (χ4v) is 2.91. The van der Waals surface area contributed by atoms with E-state index in [4.69, 9.17) is 11.6 Å². The number of carbonyl (C=O) groups excluding carboxylic acids is 2. The molecule has 5 heteroatoms. The minimum Gasteiger partial charge on any atom is -0.350 e. The highest BCUT2D eigenvalue weighted by Gasteiger charge is 2.38. The minimum atomic E-state index is -0.372. The van der Waals surface area contributed by atoms with Gasteiger partial charge in [0.25, 0.3) is 11.8 Å². The second-order valence-electron chi connectivity index (χ2n) is 5.66. The molecule has 1 aliphatic rings. The van der Waals surface area contributed by atoms with Gasteiger partial charge in [-0.05, 0) is 30.2 Å². The molecule has 0 spiro atoms. The summed E-state index contributed by atoms with van der Waals surface area (Å²) in [6, 6.07) is 14.5. The Labute approximate surface area is 151 Å². The van der Waals surface area contributed by atoms with Gasteiger partial charge in [-0.15, -0.1) is 6.58 Å². The Bertz CT molecular complexity index is 888. The second kappa shape index (κ2) is 6.95. The average Bonchev–Trinajstić information content (AvgIpc) is 2.84. The van der Waals surface area contributed by atoms with Crippen molar-refractivity contribution in [3.8, 4) is 0 Å². The number of hydrogen-bond acceptors (Lipinski definition) is 3. The molecule has 126 valence electrons. The summed E-state index contributed by atoms with van der Waals surface area (Å²) < 4.78 is 0. The molecular weight excluding hydrogens is 336 g/mol. The first-order valence-electron chi connectivity index (χ1n) is 7.83. The maximum absolute atomic E-state index is 12.8. The van der Waals surface area contributed by atoms with Gasteiger partial charge in [-0.1, -0.05) is 54.1 Å². The van der Waals surface area contributed by atoms with Gasteiger partial charge < -0.3 is 5.32 Å². The van der Waals surface area contributed by atoms with Crippen LogP contribution in [0.5, 0.6) is 0 Å².